The summed E-state index contributed by atoms with van der Waals surface area (Å²) in [5, 5.41) is 1.24. The molecule has 7 aromatic carbocycles. The van der Waals surface area contributed by atoms with E-state index >= 15 is 0 Å². The third-order valence-electron chi connectivity index (χ3n) is 9.77. The van der Waals surface area contributed by atoms with Gasteiger partial charge in [-0.05, 0) is 53.1 Å². The van der Waals surface area contributed by atoms with Crippen LogP contribution in [0.3, 0.4) is 0 Å². The molecule has 0 spiro atoms. The average Bonchev–Trinajstić information content (AvgIpc) is 3.74. The van der Waals surface area contributed by atoms with Gasteiger partial charge in [0.2, 0.25) is 0 Å². The van der Waals surface area contributed by atoms with Gasteiger partial charge in [0.25, 0.3) is 0 Å². The van der Waals surface area contributed by atoms with Gasteiger partial charge in [-0.2, -0.15) is 0 Å². The fourth-order valence-corrected chi connectivity index (χ4v) is 7.37. The summed E-state index contributed by atoms with van der Waals surface area (Å²) in [5.74, 6) is 1.94. The van der Waals surface area contributed by atoms with Crippen LogP contribution in [0.25, 0.3) is 89.7 Å². The summed E-state index contributed by atoms with van der Waals surface area (Å²) in [6.45, 7) is 0. The minimum absolute atomic E-state index is 0.640. The van der Waals surface area contributed by atoms with Gasteiger partial charge in [-0.15, -0.1) is 0 Å². The van der Waals surface area contributed by atoms with Crippen molar-refractivity contribution in [3.63, 3.8) is 0 Å². The fraction of sp³-hybridized carbons (Fsp3) is 0. The summed E-state index contributed by atoms with van der Waals surface area (Å²) in [6.07, 6.45) is 0. The summed E-state index contributed by atoms with van der Waals surface area (Å²) < 4.78 is 4.81. The van der Waals surface area contributed by atoms with Crippen LogP contribution < -0.4 is 0 Å². The zero-order valence-electron chi connectivity index (χ0n) is 28.1. The second-order valence-electron chi connectivity index (χ2n) is 12.9. The van der Waals surface area contributed by atoms with E-state index in [1.54, 1.807) is 0 Å². The van der Waals surface area contributed by atoms with E-state index in [1.165, 1.54) is 27.5 Å². The topological polar surface area (TPSA) is 48.0 Å². The van der Waals surface area contributed by atoms with Crippen LogP contribution in [-0.2, 0) is 0 Å². The van der Waals surface area contributed by atoms with Gasteiger partial charge in [-0.25, -0.2) is 15.0 Å². The Bertz CT molecular complexity index is 2810. The highest BCUT2D eigenvalue weighted by atomic mass is 15.1. The zero-order chi connectivity index (χ0) is 34.4. The van der Waals surface area contributed by atoms with E-state index in [4.69, 9.17) is 15.0 Å². The van der Waals surface area contributed by atoms with Crippen LogP contribution in [0.2, 0.25) is 0 Å². The molecular formula is C47H31N5. The van der Waals surface area contributed by atoms with Crippen molar-refractivity contribution >= 4 is 27.6 Å². The molecule has 0 unspecified atom stereocenters. The molecule has 52 heavy (non-hydrogen) atoms. The maximum atomic E-state index is 4.96. The Morgan fingerprint density at radius 2 is 0.808 bits per heavy atom. The minimum Gasteiger partial charge on any atom is -0.293 e. The van der Waals surface area contributed by atoms with E-state index in [2.05, 4.69) is 136 Å². The first-order valence-corrected chi connectivity index (χ1v) is 17.5. The first kappa shape index (κ1) is 29.8. The predicted octanol–water partition coefficient (Wildman–Crippen LogP) is 11.6. The molecule has 0 amide bonds. The minimum atomic E-state index is 0.640. The lowest BCUT2D eigenvalue weighted by atomic mass is 10.0. The number of fused-ring (bicyclic) bond motifs is 5. The number of imidazole rings is 1. The third kappa shape index (κ3) is 4.98. The van der Waals surface area contributed by atoms with Gasteiger partial charge >= 0.3 is 0 Å². The van der Waals surface area contributed by atoms with Crippen LogP contribution in [0, 0.1) is 0 Å². The number of aromatic nitrogens is 5. The van der Waals surface area contributed by atoms with Crippen molar-refractivity contribution in [3.05, 3.63) is 188 Å². The second-order valence-corrected chi connectivity index (χ2v) is 12.9. The standard InChI is InChI=1S/C47H31N5/c1-4-15-33(16-5-1)43-39-23-10-11-24-40(39)52-42-26-13-12-25-41(42)51(47(43)52)38-29-27-32(28-30-38)36-21-14-22-37(31-36)46-49-44(34-17-6-2-7-18-34)48-45(50-46)35-19-8-3-9-20-35/h1-31H. The number of nitrogens with zero attached hydrogens (tertiary/aromatic N) is 5. The SMILES string of the molecule is c1ccc(-c2nc(-c3ccccc3)nc(-c3cccc(-c4ccc(-n5c6ccccc6n6c7ccccc7c(-c7ccccc7)c56)cc4)c3)n2)cc1. The largest absolute Gasteiger partial charge is 0.293 e. The van der Waals surface area contributed by atoms with Crippen molar-refractivity contribution < 1.29 is 0 Å². The van der Waals surface area contributed by atoms with Crippen molar-refractivity contribution in [3.8, 4) is 62.1 Å². The van der Waals surface area contributed by atoms with Crippen molar-refractivity contribution in [2.45, 2.75) is 0 Å². The summed E-state index contributed by atoms with van der Waals surface area (Å²) in [5.41, 5.74) is 13.3. The number of hydrogen-bond acceptors (Lipinski definition) is 3. The van der Waals surface area contributed by atoms with E-state index in [0.717, 1.165) is 44.7 Å². The van der Waals surface area contributed by atoms with Gasteiger partial charge in [0, 0.05) is 33.3 Å². The zero-order valence-corrected chi connectivity index (χ0v) is 28.1. The first-order valence-electron chi connectivity index (χ1n) is 17.5. The first-order chi connectivity index (χ1) is 25.8. The Morgan fingerprint density at radius 3 is 1.44 bits per heavy atom. The van der Waals surface area contributed by atoms with Crippen molar-refractivity contribution in [2.24, 2.45) is 0 Å². The number of hydrogen-bond donors (Lipinski definition) is 0. The quantitative estimate of drug-likeness (QED) is 0.178. The molecule has 10 aromatic rings. The van der Waals surface area contributed by atoms with Gasteiger partial charge in [-0.1, -0.05) is 152 Å². The van der Waals surface area contributed by atoms with E-state index in [-0.39, 0.29) is 0 Å². The molecule has 10 rings (SSSR count). The molecule has 3 aromatic heterocycles. The summed E-state index contributed by atoms with van der Waals surface area (Å²) in [4.78, 5) is 14.8. The Kier molecular flexibility index (Phi) is 7.07. The van der Waals surface area contributed by atoms with Gasteiger partial charge < -0.3 is 0 Å². The Morgan fingerprint density at radius 1 is 0.327 bits per heavy atom. The van der Waals surface area contributed by atoms with Gasteiger partial charge in [0.15, 0.2) is 17.5 Å². The molecule has 0 radical (unpaired) electrons. The maximum Gasteiger partial charge on any atom is 0.164 e. The molecule has 0 saturated heterocycles. The van der Waals surface area contributed by atoms with Crippen LogP contribution in [0.1, 0.15) is 0 Å². The second kappa shape index (κ2) is 12.3. The number of benzene rings is 7. The highest BCUT2D eigenvalue weighted by Crippen LogP contribution is 2.41. The molecule has 0 bridgehead atoms. The van der Waals surface area contributed by atoms with Crippen LogP contribution in [0.5, 0.6) is 0 Å². The molecule has 244 valence electrons. The molecule has 3 heterocycles. The smallest absolute Gasteiger partial charge is 0.164 e. The molecule has 0 saturated carbocycles. The van der Waals surface area contributed by atoms with E-state index < -0.39 is 0 Å². The number of rotatable bonds is 6. The summed E-state index contributed by atoms with van der Waals surface area (Å²) in [7, 11) is 0. The Hall–Kier alpha value is -7.11. The van der Waals surface area contributed by atoms with Crippen LogP contribution >= 0.6 is 0 Å². The highest BCUT2D eigenvalue weighted by molar-refractivity contribution is 6.09. The monoisotopic (exact) mass is 665 g/mol. The lowest BCUT2D eigenvalue weighted by Gasteiger charge is -2.11. The van der Waals surface area contributed by atoms with E-state index in [1.807, 2.05) is 60.7 Å². The Labute approximate surface area is 300 Å². The van der Waals surface area contributed by atoms with E-state index in [9.17, 15) is 0 Å². The normalized spacial score (nSPS) is 11.5. The molecule has 0 N–H and O–H groups in total. The molecule has 5 heteroatoms. The van der Waals surface area contributed by atoms with E-state index in [0.29, 0.717) is 17.5 Å². The van der Waals surface area contributed by atoms with Crippen LogP contribution in [-0.4, -0.2) is 23.9 Å². The molecule has 0 atom stereocenters. The maximum absolute atomic E-state index is 4.96. The molecule has 0 aliphatic heterocycles. The lowest BCUT2D eigenvalue weighted by Crippen LogP contribution is -2.00. The molecule has 0 aliphatic rings. The van der Waals surface area contributed by atoms with Crippen molar-refractivity contribution in [2.75, 3.05) is 0 Å². The lowest BCUT2D eigenvalue weighted by molar-refractivity contribution is 1.07. The predicted molar refractivity (Wildman–Crippen MR) is 212 cm³/mol. The van der Waals surface area contributed by atoms with Gasteiger partial charge in [-0.3, -0.25) is 8.97 Å². The highest BCUT2D eigenvalue weighted by Gasteiger charge is 2.22. The molecule has 0 fully saturated rings. The molecule has 5 nitrogen and oxygen atoms in total. The van der Waals surface area contributed by atoms with Crippen molar-refractivity contribution in [1.82, 2.24) is 23.9 Å². The molecule has 0 aliphatic carbocycles. The van der Waals surface area contributed by atoms with Gasteiger partial charge in [0.05, 0.1) is 16.6 Å². The van der Waals surface area contributed by atoms with Crippen LogP contribution in [0.15, 0.2) is 188 Å². The summed E-state index contributed by atoms with van der Waals surface area (Å²) >= 11 is 0. The average molecular weight is 666 g/mol. The third-order valence-corrected chi connectivity index (χ3v) is 9.77. The fourth-order valence-electron chi connectivity index (χ4n) is 7.37. The van der Waals surface area contributed by atoms with Gasteiger partial charge in [0.1, 0.15) is 5.65 Å². The number of para-hydroxylation sites is 3. The van der Waals surface area contributed by atoms with Crippen molar-refractivity contribution in [1.29, 1.82) is 0 Å². The Balaban J connectivity index is 1.10. The molecular weight excluding hydrogens is 635 g/mol. The van der Waals surface area contributed by atoms with Crippen LogP contribution in [0.4, 0.5) is 0 Å². The summed E-state index contributed by atoms with van der Waals surface area (Å²) in [6, 6.07) is 65.6.